The van der Waals surface area contributed by atoms with Crippen molar-refractivity contribution < 1.29 is 18.9 Å². The standard InChI is InChI=1S/C25H47NO4/c1-5-6-7-8-9-10-11-12-13-16-19-27-22-21(20(2)26-17-14-15-18-26)28-24-23(22)29-25(3,4)30-24/h20-24H,5-19H2,1-4H3/t20-,21+,22-,23+,24+/m0/s1. The highest BCUT2D eigenvalue weighted by Crippen LogP contribution is 2.40. The quantitative estimate of drug-likeness (QED) is 0.336. The van der Waals surface area contributed by atoms with Crippen LogP contribution < -0.4 is 0 Å². The summed E-state index contributed by atoms with van der Waals surface area (Å²) in [6.45, 7) is 11.6. The van der Waals surface area contributed by atoms with Crippen molar-refractivity contribution in [2.24, 2.45) is 0 Å². The molecule has 0 aromatic heterocycles. The van der Waals surface area contributed by atoms with Gasteiger partial charge in [-0.05, 0) is 53.1 Å². The maximum Gasteiger partial charge on any atom is 0.190 e. The summed E-state index contributed by atoms with van der Waals surface area (Å²) in [4.78, 5) is 2.54. The van der Waals surface area contributed by atoms with Crippen LogP contribution in [0.25, 0.3) is 0 Å². The van der Waals surface area contributed by atoms with Gasteiger partial charge in [-0.2, -0.15) is 0 Å². The van der Waals surface area contributed by atoms with Gasteiger partial charge >= 0.3 is 0 Å². The van der Waals surface area contributed by atoms with E-state index in [1.165, 1.54) is 70.6 Å². The van der Waals surface area contributed by atoms with Crippen molar-refractivity contribution in [2.75, 3.05) is 19.7 Å². The molecule has 3 aliphatic heterocycles. The molecule has 0 unspecified atom stereocenters. The molecule has 0 amide bonds. The summed E-state index contributed by atoms with van der Waals surface area (Å²) < 4.78 is 25.0. The number of rotatable bonds is 14. The second-order valence-corrected chi connectivity index (χ2v) is 10.1. The molecule has 3 aliphatic rings. The molecule has 0 aromatic carbocycles. The smallest absolute Gasteiger partial charge is 0.190 e. The van der Waals surface area contributed by atoms with Crippen molar-refractivity contribution in [2.45, 2.75) is 141 Å². The topological polar surface area (TPSA) is 40.2 Å². The van der Waals surface area contributed by atoms with Crippen LogP contribution in [0.2, 0.25) is 0 Å². The molecule has 0 radical (unpaired) electrons. The van der Waals surface area contributed by atoms with Gasteiger partial charge in [0.05, 0.1) is 0 Å². The minimum Gasteiger partial charge on any atom is -0.373 e. The van der Waals surface area contributed by atoms with E-state index in [-0.39, 0.29) is 24.6 Å². The monoisotopic (exact) mass is 425 g/mol. The number of fused-ring (bicyclic) bond motifs is 1. The average Bonchev–Trinajstić information content (AvgIpc) is 3.41. The van der Waals surface area contributed by atoms with Gasteiger partial charge < -0.3 is 18.9 Å². The molecule has 3 fully saturated rings. The van der Waals surface area contributed by atoms with E-state index in [1.807, 2.05) is 13.8 Å². The summed E-state index contributed by atoms with van der Waals surface area (Å²) in [7, 11) is 0. The Morgan fingerprint density at radius 1 is 0.900 bits per heavy atom. The number of unbranched alkanes of at least 4 members (excludes halogenated alkanes) is 9. The van der Waals surface area contributed by atoms with E-state index in [2.05, 4.69) is 18.7 Å². The fourth-order valence-corrected chi connectivity index (χ4v) is 5.25. The first-order chi connectivity index (χ1) is 14.5. The van der Waals surface area contributed by atoms with Crippen LogP contribution in [0, 0.1) is 0 Å². The maximum atomic E-state index is 6.42. The number of likely N-dealkylation sites (tertiary alicyclic amines) is 1. The second kappa shape index (κ2) is 12.2. The van der Waals surface area contributed by atoms with E-state index in [4.69, 9.17) is 18.9 Å². The molecule has 0 aliphatic carbocycles. The molecule has 0 spiro atoms. The van der Waals surface area contributed by atoms with Crippen molar-refractivity contribution in [3.8, 4) is 0 Å². The molecular formula is C25H47NO4. The van der Waals surface area contributed by atoms with Gasteiger partial charge in [0.2, 0.25) is 0 Å². The second-order valence-electron chi connectivity index (χ2n) is 10.1. The van der Waals surface area contributed by atoms with Gasteiger partial charge in [-0.3, -0.25) is 4.90 Å². The van der Waals surface area contributed by atoms with Crippen LogP contribution in [-0.2, 0) is 18.9 Å². The van der Waals surface area contributed by atoms with Gasteiger partial charge in [0, 0.05) is 12.6 Å². The highest BCUT2D eigenvalue weighted by Gasteiger charge is 2.57. The Morgan fingerprint density at radius 3 is 2.13 bits per heavy atom. The average molecular weight is 426 g/mol. The minimum atomic E-state index is -0.587. The minimum absolute atomic E-state index is 0.0253. The van der Waals surface area contributed by atoms with E-state index >= 15 is 0 Å². The zero-order chi connectivity index (χ0) is 21.4. The van der Waals surface area contributed by atoms with E-state index in [1.54, 1.807) is 0 Å². The lowest BCUT2D eigenvalue weighted by Crippen LogP contribution is -2.48. The molecule has 5 nitrogen and oxygen atoms in total. The van der Waals surface area contributed by atoms with Gasteiger partial charge in [-0.15, -0.1) is 0 Å². The fourth-order valence-electron chi connectivity index (χ4n) is 5.25. The highest BCUT2D eigenvalue weighted by molar-refractivity contribution is 4.99. The fraction of sp³-hybridized carbons (Fsp3) is 1.00. The van der Waals surface area contributed by atoms with Gasteiger partial charge in [0.1, 0.15) is 18.3 Å². The van der Waals surface area contributed by atoms with Gasteiger partial charge in [0.15, 0.2) is 12.1 Å². The van der Waals surface area contributed by atoms with Crippen LogP contribution >= 0.6 is 0 Å². The number of ether oxygens (including phenoxy) is 4. The third-order valence-corrected chi connectivity index (χ3v) is 7.03. The molecule has 0 aromatic rings. The van der Waals surface area contributed by atoms with Gasteiger partial charge in [-0.25, -0.2) is 0 Å². The Bertz CT molecular complexity index is 480. The number of hydrogen-bond acceptors (Lipinski definition) is 5. The van der Waals surface area contributed by atoms with Crippen LogP contribution in [0.1, 0.15) is 105 Å². The van der Waals surface area contributed by atoms with Crippen LogP contribution in [0.5, 0.6) is 0 Å². The lowest BCUT2D eigenvalue weighted by Gasteiger charge is -2.34. The zero-order valence-corrected chi connectivity index (χ0v) is 20.1. The van der Waals surface area contributed by atoms with Gasteiger partial charge in [-0.1, -0.05) is 64.7 Å². The molecule has 5 heteroatoms. The Kier molecular flexibility index (Phi) is 9.90. The van der Waals surface area contributed by atoms with Crippen molar-refractivity contribution in [3.63, 3.8) is 0 Å². The van der Waals surface area contributed by atoms with Crippen molar-refractivity contribution >= 4 is 0 Å². The molecule has 3 heterocycles. The van der Waals surface area contributed by atoms with Crippen molar-refractivity contribution in [1.82, 2.24) is 4.90 Å². The molecule has 30 heavy (non-hydrogen) atoms. The summed E-state index contributed by atoms with van der Waals surface area (Å²) in [5.41, 5.74) is 0. The first-order valence-corrected chi connectivity index (χ1v) is 12.9. The molecule has 0 N–H and O–H groups in total. The SMILES string of the molecule is CCCCCCCCCCCCO[C@@H]1[C@H]2OC(C)(C)O[C@H]2O[C@@H]1[C@H](C)N1CCCC1. The first kappa shape index (κ1) is 24.4. The summed E-state index contributed by atoms with van der Waals surface area (Å²) in [5.74, 6) is -0.587. The Labute approximate surface area is 185 Å². The van der Waals surface area contributed by atoms with E-state index in [0.29, 0.717) is 6.04 Å². The first-order valence-electron chi connectivity index (χ1n) is 12.9. The molecule has 5 atom stereocenters. The molecular weight excluding hydrogens is 378 g/mol. The maximum absolute atomic E-state index is 6.42. The summed E-state index contributed by atoms with van der Waals surface area (Å²) >= 11 is 0. The molecule has 176 valence electrons. The Hall–Kier alpha value is -0.200. The Morgan fingerprint density at radius 2 is 1.50 bits per heavy atom. The third kappa shape index (κ3) is 6.90. The molecule has 0 saturated carbocycles. The predicted molar refractivity (Wildman–Crippen MR) is 121 cm³/mol. The summed E-state index contributed by atoms with van der Waals surface area (Å²) in [5, 5.41) is 0. The van der Waals surface area contributed by atoms with Crippen molar-refractivity contribution in [1.29, 1.82) is 0 Å². The molecule has 3 saturated heterocycles. The predicted octanol–water partition coefficient (Wildman–Crippen LogP) is 5.65. The molecule has 3 rings (SSSR count). The zero-order valence-electron chi connectivity index (χ0n) is 20.1. The van der Waals surface area contributed by atoms with E-state index in [9.17, 15) is 0 Å². The number of hydrogen-bond donors (Lipinski definition) is 0. The van der Waals surface area contributed by atoms with Crippen LogP contribution in [-0.4, -0.2) is 61.0 Å². The number of nitrogens with zero attached hydrogens (tertiary/aromatic N) is 1. The normalized spacial score (nSPS) is 32.0. The lowest BCUT2D eigenvalue weighted by atomic mass is 10.0. The highest BCUT2D eigenvalue weighted by atomic mass is 16.8. The van der Waals surface area contributed by atoms with Crippen LogP contribution in [0.15, 0.2) is 0 Å². The lowest BCUT2D eigenvalue weighted by molar-refractivity contribution is -0.224. The van der Waals surface area contributed by atoms with Gasteiger partial charge in [0.25, 0.3) is 0 Å². The summed E-state index contributed by atoms with van der Waals surface area (Å²) in [6.07, 6.45) is 15.6. The van der Waals surface area contributed by atoms with E-state index < -0.39 is 5.79 Å². The summed E-state index contributed by atoms with van der Waals surface area (Å²) in [6, 6.07) is 0.339. The third-order valence-electron chi connectivity index (χ3n) is 7.03. The molecule has 0 bridgehead atoms. The van der Waals surface area contributed by atoms with Crippen LogP contribution in [0.3, 0.4) is 0 Å². The van der Waals surface area contributed by atoms with E-state index in [0.717, 1.165) is 26.1 Å². The van der Waals surface area contributed by atoms with Crippen LogP contribution in [0.4, 0.5) is 0 Å². The van der Waals surface area contributed by atoms with Crippen molar-refractivity contribution in [3.05, 3.63) is 0 Å². The Balaban J connectivity index is 1.37. The largest absolute Gasteiger partial charge is 0.373 e.